The van der Waals surface area contributed by atoms with Gasteiger partial charge >= 0.3 is 5.97 Å². The van der Waals surface area contributed by atoms with Crippen LogP contribution in [0.1, 0.15) is 19.8 Å². The van der Waals surface area contributed by atoms with E-state index in [0.717, 1.165) is 12.5 Å². The molecule has 0 atom stereocenters. The topological polar surface area (TPSA) is 29.5 Å². The van der Waals surface area contributed by atoms with Crippen molar-refractivity contribution < 1.29 is 9.53 Å². The lowest BCUT2D eigenvalue weighted by Gasteiger charge is -2.14. The summed E-state index contributed by atoms with van der Waals surface area (Å²) < 4.78 is 4.83. The van der Waals surface area contributed by atoms with Gasteiger partial charge in [-0.25, -0.2) is 0 Å². The maximum absolute atomic E-state index is 11.0. The van der Waals surface area contributed by atoms with Crippen LogP contribution in [0.5, 0.6) is 0 Å². The van der Waals surface area contributed by atoms with E-state index in [-0.39, 0.29) is 5.97 Å². The van der Waals surface area contributed by atoms with Crippen LogP contribution in [0.25, 0.3) is 0 Å². The Bertz CT molecular complexity index is 155. The number of carbonyl (C=O) groups is 1. The van der Waals surface area contributed by atoms with Crippen molar-refractivity contribution in [2.24, 2.45) is 5.92 Å². The molecule has 0 heterocycles. The first-order valence-corrected chi connectivity index (χ1v) is 4.56. The fourth-order valence-electron chi connectivity index (χ4n) is 1.23. The molecule has 0 aliphatic heterocycles. The highest BCUT2D eigenvalue weighted by molar-refractivity contribution is 5.71. The summed E-state index contributed by atoms with van der Waals surface area (Å²) in [5.74, 6) is 0.727. The summed E-state index contributed by atoms with van der Waals surface area (Å²) >= 11 is 0. The molecule has 1 saturated carbocycles. The zero-order valence-corrected chi connectivity index (χ0v) is 7.88. The predicted octanol–water partition coefficient (Wildman–Crippen LogP) is 0.891. The Hall–Kier alpha value is -0.570. The van der Waals surface area contributed by atoms with E-state index in [1.807, 2.05) is 18.9 Å². The van der Waals surface area contributed by atoms with Crippen LogP contribution < -0.4 is 0 Å². The molecule has 1 rings (SSSR count). The van der Waals surface area contributed by atoms with Crippen molar-refractivity contribution in [2.45, 2.75) is 19.8 Å². The van der Waals surface area contributed by atoms with Crippen LogP contribution in [0.2, 0.25) is 0 Å². The molecule has 0 bridgehead atoms. The van der Waals surface area contributed by atoms with E-state index in [0.29, 0.717) is 13.2 Å². The summed E-state index contributed by atoms with van der Waals surface area (Å²) in [7, 11) is 1.97. The first-order chi connectivity index (χ1) is 5.72. The summed E-state index contributed by atoms with van der Waals surface area (Å²) in [4.78, 5) is 13.0. The number of carbonyl (C=O) groups excluding carboxylic acids is 1. The van der Waals surface area contributed by atoms with Crippen LogP contribution in [0.15, 0.2) is 0 Å². The van der Waals surface area contributed by atoms with Crippen LogP contribution in [0.3, 0.4) is 0 Å². The van der Waals surface area contributed by atoms with Crippen molar-refractivity contribution in [3.63, 3.8) is 0 Å². The van der Waals surface area contributed by atoms with E-state index in [1.165, 1.54) is 12.8 Å². The monoisotopic (exact) mass is 171 g/mol. The van der Waals surface area contributed by atoms with Gasteiger partial charge in [-0.15, -0.1) is 0 Å². The molecule has 70 valence electrons. The van der Waals surface area contributed by atoms with Gasteiger partial charge < -0.3 is 4.74 Å². The molecular formula is C9H17NO2. The Balaban J connectivity index is 2.06. The maximum atomic E-state index is 11.0. The number of rotatable bonds is 5. The smallest absolute Gasteiger partial charge is 0.320 e. The number of likely N-dealkylation sites (N-methyl/N-ethyl adjacent to an activating group) is 1. The van der Waals surface area contributed by atoms with Crippen LogP contribution in [0, 0.1) is 5.92 Å². The molecular weight excluding hydrogens is 154 g/mol. The molecule has 0 aromatic heterocycles. The van der Waals surface area contributed by atoms with Crippen molar-refractivity contribution in [1.29, 1.82) is 0 Å². The van der Waals surface area contributed by atoms with Crippen molar-refractivity contribution in [3.05, 3.63) is 0 Å². The van der Waals surface area contributed by atoms with Crippen molar-refractivity contribution in [2.75, 3.05) is 26.7 Å². The van der Waals surface area contributed by atoms with Crippen LogP contribution in [0.4, 0.5) is 0 Å². The minimum atomic E-state index is -0.111. The Labute approximate surface area is 73.7 Å². The molecule has 12 heavy (non-hydrogen) atoms. The first kappa shape index (κ1) is 9.52. The largest absolute Gasteiger partial charge is 0.465 e. The zero-order chi connectivity index (χ0) is 8.97. The third kappa shape index (κ3) is 3.72. The Kier molecular flexibility index (Phi) is 3.53. The number of esters is 1. The van der Waals surface area contributed by atoms with E-state index < -0.39 is 0 Å². The quantitative estimate of drug-likeness (QED) is 0.575. The van der Waals surface area contributed by atoms with Crippen molar-refractivity contribution in [3.8, 4) is 0 Å². The van der Waals surface area contributed by atoms with Crippen molar-refractivity contribution >= 4 is 5.97 Å². The van der Waals surface area contributed by atoms with E-state index in [9.17, 15) is 4.79 Å². The van der Waals surface area contributed by atoms with Gasteiger partial charge in [0.05, 0.1) is 13.2 Å². The van der Waals surface area contributed by atoms with E-state index in [1.54, 1.807) is 0 Å². The Morgan fingerprint density at radius 1 is 1.58 bits per heavy atom. The molecule has 0 N–H and O–H groups in total. The van der Waals surface area contributed by atoms with Crippen molar-refractivity contribution in [1.82, 2.24) is 4.90 Å². The molecule has 0 saturated heterocycles. The molecule has 0 amide bonds. The average Bonchev–Trinajstić information content (AvgIpc) is 2.71. The minimum Gasteiger partial charge on any atom is -0.465 e. The SMILES string of the molecule is CCOC(=O)CN(C)CC1CC1. The highest BCUT2D eigenvalue weighted by atomic mass is 16.5. The first-order valence-electron chi connectivity index (χ1n) is 4.56. The van der Waals surface area contributed by atoms with Gasteiger partial charge in [-0.2, -0.15) is 0 Å². The number of hydrogen-bond donors (Lipinski definition) is 0. The standard InChI is InChI=1S/C9H17NO2/c1-3-12-9(11)7-10(2)6-8-4-5-8/h8H,3-7H2,1-2H3. The Morgan fingerprint density at radius 3 is 2.75 bits per heavy atom. The third-order valence-corrected chi connectivity index (χ3v) is 1.97. The Morgan fingerprint density at radius 2 is 2.25 bits per heavy atom. The lowest BCUT2D eigenvalue weighted by molar-refractivity contribution is -0.144. The molecule has 0 aromatic carbocycles. The highest BCUT2D eigenvalue weighted by Crippen LogP contribution is 2.29. The summed E-state index contributed by atoms with van der Waals surface area (Å²) in [6.07, 6.45) is 2.65. The molecule has 3 nitrogen and oxygen atoms in total. The van der Waals surface area contributed by atoms with Gasteiger partial charge in [-0.1, -0.05) is 0 Å². The van der Waals surface area contributed by atoms with Crippen LogP contribution in [-0.4, -0.2) is 37.6 Å². The highest BCUT2D eigenvalue weighted by Gasteiger charge is 2.23. The number of nitrogens with zero attached hydrogens (tertiary/aromatic N) is 1. The summed E-state index contributed by atoms with van der Waals surface area (Å²) in [6.45, 7) is 3.79. The molecule has 0 spiro atoms. The summed E-state index contributed by atoms with van der Waals surface area (Å²) in [5, 5.41) is 0. The van der Waals surface area contributed by atoms with Gasteiger partial charge in [-0.3, -0.25) is 9.69 Å². The van der Waals surface area contributed by atoms with Gasteiger partial charge in [-0.05, 0) is 32.7 Å². The average molecular weight is 171 g/mol. The van der Waals surface area contributed by atoms with Crippen LogP contribution in [-0.2, 0) is 9.53 Å². The predicted molar refractivity (Wildman–Crippen MR) is 46.9 cm³/mol. The summed E-state index contributed by atoms with van der Waals surface area (Å²) in [6, 6.07) is 0. The lowest BCUT2D eigenvalue weighted by atomic mass is 10.4. The molecule has 1 aliphatic carbocycles. The van der Waals surface area contributed by atoms with Gasteiger partial charge in [0.1, 0.15) is 0 Å². The van der Waals surface area contributed by atoms with E-state index in [4.69, 9.17) is 4.74 Å². The van der Waals surface area contributed by atoms with Gasteiger partial charge in [0.15, 0.2) is 0 Å². The molecule has 0 radical (unpaired) electrons. The maximum Gasteiger partial charge on any atom is 0.320 e. The fraction of sp³-hybridized carbons (Fsp3) is 0.889. The molecule has 0 unspecified atom stereocenters. The molecule has 1 fully saturated rings. The second kappa shape index (κ2) is 4.45. The molecule has 3 heteroatoms. The molecule has 1 aliphatic rings. The summed E-state index contributed by atoms with van der Waals surface area (Å²) in [5.41, 5.74) is 0. The third-order valence-electron chi connectivity index (χ3n) is 1.97. The van der Waals surface area contributed by atoms with Gasteiger partial charge in [0.25, 0.3) is 0 Å². The van der Waals surface area contributed by atoms with E-state index >= 15 is 0 Å². The number of ether oxygens (including phenoxy) is 1. The second-order valence-electron chi connectivity index (χ2n) is 3.45. The molecule has 0 aromatic rings. The van der Waals surface area contributed by atoms with Crippen LogP contribution >= 0.6 is 0 Å². The van der Waals surface area contributed by atoms with E-state index in [2.05, 4.69) is 0 Å². The minimum absolute atomic E-state index is 0.111. The van der Waals surface area contributed by atoms with Gasteiger partial charge in [0.2, 0.25) is 0 Å². The normalized spacial score (nSPS) is 16.6. The fourth-order valence-corrected chi connectivity index (χ4v) is 1.23. The lowest BCUT2D eigenvalue weighted by Crippen LogP contribution is -2.29. The zero-order valence-electron chi connectivity index (χ0n) is 7.88. The number of hydrogen-bond acceptors (Lipinski definition) is 3. The van der Waals surface area contributed by atoms with Gasteiger partial charge in [0, 0.05) is 6.54 Å². The second-order valence-corrected chi connectivity index (χ2v) is 3.45.